The van der Waals surface area contributed by atoms with Gasteiger partial charge in [-0.3, -0.25) is 0 Å². The van der Waals surface area contributed by atoms with Gasteiger partial charge in [0.25, 0.3) is 0 Å². The third kappa shape index (κ3) is 5.28. The van der Waals surface area contributed by atoms with Gasteiger partial charge in [0, 0.05) is 17.1 Å². The van der Waals surface area contributed by atoms with E-state index in [-0.39, 0.29) is 0 Å². The van der Waals surface area contributed by atoms with E-state index in [1.807, 2.05) is 0 Å². The molecular formula is C40H35N. The van der Waals surface area contributed by atoms with E-state index < -0.39 is 0 Å². The van der Waals surface area contributed by atoms with Crippen LogP contribution in [0, 0.1) is 0 Å². The Hall–Kier alpha value is -4.62. The molecule has 0 aromatic heterocycles. The van der Waals surface area contributed by atoms with Crippen molar-refractivity contribution in [2.24, 2.45) is 0 Å². The van der Waals surface area contributed by atoms with Gasteiger partial charge >= 0.3 is 0 Å². The second-order valence-corrected chi connectivity index (χ2v) is 11.3. The van der Waals surface area contributed by atoms with Crippen molar-refractivity contribution in [2.75, 3.05) is 4.90 Å². The maximum atomic E-state index is 2.42. The molecule has 0 heterocycles. The standard InChI is InChI=1S/C40H35N/c1-3-11-30(12-4-1)34-15-9-16-35(29-34)31-21-25-37(26-22-31)41(36-17-5-2-6-18-36)38-27-23-33(24-28-38)40-20-10-14-32-13-7-8-19-39(32)40/h2,5-10,13-30H,1,3-4,11-12H2. The van der Waals surface area contributed by atoms with Crippen molar-refractivity contribution in [3.05, 3.63) is 151 Å². The summed E-state index contributed by atoms with van der Waals surface area (Å²) < 4.78 is 0. The van der Waals surface area contributed by atoms with E-state index >= 15 is 0 Å². The van der Waals surface area contributed by atoms with Crippen LogP contribution in [-0.2, 0) is 0 Å². The molecule has 0 atom stereocenters. The van der Waals surface area contributed by atoms with Gasteiger partial charge in [0.15, 0.2) is 0 Å². The van der Waals surface area contributed by atoms with Crippen LogP contribution < -0.4 is 4.90 Å². The Morgan fingerprint density at radius 2 is 1.05 bits per heavy atom. The van der Waals surface area contributed by atoms with Gasteiger partial charge in [0.2, 0.25) is 0 Å². The van der Waals surface area contributed by atoms with Gasteiger partial charge in [-0.2, -0.15) is 0 Å². The first-order valence-electron chi connectivity index (χ1n) is 15.0. The normalized spacial score (nSPS) is 13.8. The molecule has 0 radical (unpaired) electrons. The van der Waals surface area contributed by atoms with Gasteiger partial charge in [0.1, 0.15) is 0 Å². The molecule has 1 aliphatic rings. The molecule has 1 saturated carbocycles. The molecule has 0 spiro atoms. The fraction of sp³-hybridized carbons (Fsp3) is 0.150. The fourth-order valence-corrected chi connectivity index (χ4v) is 6.50. The van der Waals surface area contributed by atoms with E-state index in [1.54, 1.807) is 0 Å². The lowest BCUT2D eigenvalue weighted by molar-refractivity contribution is 0.444. The minimum Gasteiger partial charge on any atom is -0.311 e. The molecule has 6 aromatic rings. The third-order valence-corrected chi connectivity index (χ3v) is 8.66. The minimum atomic E-state index is 0.716. The predicted octanol–water partition coefficient (Wildman–Crippen LogP) is 11.7. The second kappa shape index (κ2) is 11.5. The predicted molar refractivity (Wildman–Crippen MR) is 175 cm³/mol. The van der Waals surface area contributed by atoms with Gasteiger partial charge in [-0.05, 0) is 93.7 Å². The molecule has 41 heavy (non-hydrogen) atoms. The molecule has 1 heteroatoms. The van der Waals surface area contributed by atoms with Crippen LogP contribution in [0.25, 0.3) is 33.0 Å². The molecule has 6 aromatic carbocycles. The molecule has 1 nitrogen and oxygen atoms in total. The van der Waals surface area contributed by atoms with Crippen LogP contribution in [-0.4, -0.2) is 0 Å². The highest BCUT2D eigenvalue weighted by atomic mass is 15.1. The number of fused-ring (bicyclic) bond motifs is 1. The van der Waals surface area contributed by atoms with Crippen LogP contribution in [0.4, 0.5) is 17.1 Å². The number of para-hydroxylation sites is 1. The van der Waals surface area contributed by atoms with Crippen LogP contribution in [0.15, 0.2) is 146 Å². The zero-order chi connectivity index (χ0) is 27.4. The highest BCUT2D eigenvalue weighted by Crippen LogP contribution is 2.38. The topological polar surface area (TPSA) is 3.24 Å². The van der Waals surface area contributed by atoms with E-state index in [0.717, 1.165) is 17.1 Å². The van der Waals surface area contributed by atoms with Crippen LogP contribution >= 0.6 is 0 Å². The minimum absolute atomic E-state index is 0.716. The summed E-state index contributed by atoms with van der Waals surface area (Å²) in [6, 6.07) is 53.1. The summed E-state index contributed by atoms with van der Waals surface area (Å²) in [6.07, 6.45) is 6.77. The Morgan fingerprint density at radius 3 is 1.80 bits per heavy atom. The van der Waals surface area contributed by atoms with Crippen molar-refractivity contribution in [1.29, 1.82) is 0 Å². The van der Waals surface area contributed by atoms with Gasteiger partial charge in [0.05, 0.1) is 0 Å². The quantitative estimate of drug-likeness (QED) is 0.207. The lowest BCUT2D eigenvalue weighted by atomic mass is 9.83. The lowest BCUT2D eigenvalue weighted by Gasteiger charge is -2.26. The highest BCUT2D eigenvalue weighted by molar-refractivity contribution is 5.97. The first-order chi connectivity index (χ1) is 20.3. The molecule has 0 bridgehead atoms. The van der Waals surface area contributed by atoms with E-state index in [9.17, 15) is 0 Å². The molecule has 1 fully saturated rings. The SMILES string of the molecule is c1ccc(N(c2ccc(-c3cccc(C4CCCCC4)c3)cc2)c2ccc(-c3cccc4ccccc34)cc2)cc1. The summed E-state index contributed by atoms with van der Waals surface area (Å²) in [5.74, 6) is 0.716. The average molecular weight is 530 g/mol. The van der Waals surface area contributed by atoms with E-state index in [0.29, 0.717) is 5.92 Å². The Balaban J connectivity index is 1.21. The molecule has 200 valence electrons. The molecule has 0 N–H and O–H groups in total. The molecule has 1 aliphatic carbocycles. The second-order valence-electron chi connectivity index (χ2n) is 11.3. The molecule has 0 amide bonds. The summed E-state index contributed by atoms with van der Waals surface area (Å²) in [6.45, 7) is 0. The van der Waals surface area contributed by atoms with Crippen molar-refractivity contribution in [3.8, 4) is 22.3 Å². The smallest absolute Gasteiger partial charge is 0.0462 e. The van der Waals surface area contributed by atoms with Gasteiger partial charge in [-0.25, -0.2) is 0 Å². The number of hydrogen-bond donors (Lipinski definition) is 0. The molecule has 0 saturated heterocycles. The van der Waals surface area contributed by atoms with E-state index in [4.69, 9.17) is 0 Å². The lowest BCUT2D eigenvalue weighted by Crippen LogP contribution is -2.09. The number of hydrogen-bond acceptors (Lipinski definition) is 1. The molecule has 0 aliphatic heterocycles. The van der Waals surface area contributed by atoms with E-state index in [1.165, 1.54) is 70.7 Å². The number of benzene rings is 6. The van der Waals surface area contributed by atoms with Crippen LogP contribution in [0.3, 0.4) is 0 Å². The van der Waals surface area contributed by atoms with Crippen LogP contribution in [0.1, 0.15) is 43.6 Å². The van der Waals surface area contributed by atoms with Crippen LogP contribution in [0.2, 0.25) is 0 Å². The number of nitrogens with zero attached hydrogens (tertiary/aromatic N) is 1. The molecular weight excluding hydrogens is 494 g/mol. The van der Waals surface area contributed by atoms with Crippen molar-refractivity contribution >= 4 is 27.8 Å². The summed E-state index contributed by atoms with van der Waals surface area (Å²) in [5.41, 5.74) is 10.0. The zero-order valence-corrected chi connectivity index (χ0v) is 23.4. The first-order valence-corrected chi connectivity index (χ1v) is 15.0. The summed E-state index contributed by atoms with van der Waals surface area (Å²) in [7, 11) is 0. The maximum absolute atomic E-state index is 2.42. The molecule has 7 rings (SSSR count). The monoisotopic (exact) mass is 529 g/mol. The number of anilines is 3. The summed E-state index contributed by atoms with van der Waals surface area (Å²) in [4.78, 5) is 2.34. The Labute approximate surface area is 243 Å². The molecule has 0 unspecified atom stereocenters. The van der Waals surface area contributed by atoms with Gasteiger partial charge in [-0.15, -0.1) is 0 Å². The Kier molecular flexibility index (Phi) is 7.09. The Bertz CT molecular complexity index is 1740. The zero-order valence-electron chi connectivity index (χ0n) is 23.4. The van der Waals surface area contributed by atoms with Gasteiger partial charge < -0.3 is 4.90 Å². The fourth-order valence-electron chi connectivity index (χ4n) is 6.50. The Morgan fingerprint density at radius 1 is 0.439 bits per heavy atom. The number of rotatable bonds is 6. The van der Waals surface area contributed by atoms with E-state index in [2.05, 4.69) is 150 Å². The third-order valence-electron chi connectivity index (χ3n) is 8.66. The average Bonchev–Trinajstić information content (AvgIpc) is 3.06. The van der Waals surface area contributed by atoms with Crippen molar-refractivity contribution in [1.82, 2.24) is 0 Å². The highest BCUT2D eigenvalue weighted by Gasteiger charge is 2.17. The van der Waals surface area contributed by atoms with Crippen molar-refractivity contribution in [2.45, 2.75) is 38.0 Å². The van der Waals surface area contributed by atoms with Crippen molar-refractivity contribution < 1.29 is 0 Å². The van der Waals surface area contributed by atoms with Gasteiger partial charge in [-0.1, -0.05) is 128 Å². The first kappa shape index (κ1) is 25.4. The van der Waals surface area contributed by atoms with Crippen molar-refractivity contribution in [3.63, 3.8) is 0 Å². The van der Waals surface area contributed by atoms with Crippen LogP contribution in [0.5, 0.6) is 0 Å². The largest absolute Gasteiger partial charge is 0.311 e. The maximum Gasteiger partial charge on any atom is 0.0462 e. The summed E-state index contributed by atoms with van der Waals surface area (Å²) >= 11 is 0. The summed E-state index contributed by atoms with van der Waals surface area (Å²) in [5, 5.41) is 2.55.